The normalized spacial score (nSPS) is 12.4. The smallest absolute Gasteiger partial charge is 0.0605 e. The van der Waals surface area contributed by atoms with E-state index in [1.165, 1.54) is 16.7 Å². The summed E-state index contributed by atoms with van der Waals surface area (Å²) >= 11 is 0. The van der Waals surface area contributed by atoms with E-state index in [4.69, 9.17) is 0 Å². The van der Waals surface area contributed by atoms with Crippen LogP contribution < -0.4 is 5.32 Å². The number of nitrogens with one attached hydrogen (secondary N) is 1. The summed E-state index contributed by atoms with van der Waals surface area (Å²) in [7, 11) is 1.98. The first-order valence-electron chi connectivity index (χ1n) is 6.20. The number of hydrogen-bond acceptors (Lipinski definition) is 3. The highest BCUT2D eigenvalue weighted by atomic mass is 14.9. The van der Waals surface area contributed by atoms with Crippen LogP contribution in [0.3, 0.4) is 0 Å². The molecule has 3 heteroatoms. The molecule has 0 aliphatic heterocycles. The van der Waals surface area contributed by atoms with Crippen molar-refractivity contribution in [1.82, 2.24) is 15.3 Å². The first-order valence-corrected chi connectivity index (χ1v) is 6.20. The summed E-state index contributed by atoms with van der Waals surface area (Å²) < 4.78 is 0. The third kappa shape index (κ3) is 2.93. The van der Waals surface area contributed by atoms with Gasteiger partial charge < -0.3 is 5.32 Å². The zero-order chi connectivity index (χ0) is 13.0. The summed E-state index contributed by atoms with van der Waals surface area (Å²) in [6.07, 6.45) is 6.52. The van der Waals surface area contributed by atoms with Crippen molar-refractivity contribution in [3.63, 3.8) is 0 Å². The van der Waals surface area contributed by atoms with Crippen molar-refractivity contribution in [2.24, 2.45) is 0 Å². The number of aryl methyl sites for hydroxylation is 2. The molecule has 0 saturated heterocycles. The average molecular weight is 241 g/mol. The molecule has 2 heterocycles. The van der Waals surface area contributed by atoms with Gasteiger partial charge in [0.1, 0.15) is 0 Å². The lowest BCUT2D eigenvalue weighted by Crippen LogP contribution is -2.21. The van der Waals surface area contributed by atoms with Gasteiger partial charge in [-0.3, -0.25) is 9.97 Å². The zero-order valence-electron chi connectivity index (χ0n) is 11.1. The zero-order valence-corrected chi connectivity index (χ0v) is 11.1. The van der Waals surface area contributed by atoms with E-state index in [1.54, 1.807) is 0 Å². The molecule has 2 aromatic heterocycles. The van der Waals surface area contributed by atoms with Crippen LogP contribution >= 0.6 is 0 Å². The average Bonchev–Trinajstić information content (AvgIpc) is 2.38. The van der Waals surface area contributed by atoms with Crippen LogP contribution in [0.5, 0.6) is 0 Å². The molecule has 1 atom stereocenters. The van der Waals surface area contributed by atoms with Crippen LogP contribution in [0.15, 0.2) is 36.8 Å². The fourth-order valence-corrected chi connectivity index (χ4v) is 2.18. The Balaban J connectivity index is 2.23. The Bertz CT molecular complexity index is 508. The Morgan fingerprint density at radius 1 is 1.22 bits per heavy atom. The van der Waals surface area contributed by atoms with E-state index < -0.39 is 0 Å². The Labute approximate surface area is 108 Å². The summed E-state index contributed by atoms with van der Waals surface area (Å²) in [5.74, 6) is 0. The maximum absolute atomic E-state index is 4.57. The third-order valence-electron chi connectivity index (χ3n) is 3.12. The molecular weight excluding hydrogens is 222 g/mol. The summed E-state index contributed by atoms with van der Waals surface area (Å²) in [5.41, 5.74) is 4.84. The van der Waals surface area contributed by atoms with Crippen molar-refractivity contribution in [3.8, 4) is 0 Å². The van der Waals surface area contributed by atoms with E-state index in [1.807, 2.05) is 37.8 Å². The summed E-state index contributed by atoms with van der Waals surface area (Å²) in [6.45, 7) is 4.19. The van der Waals surface area contributed by atoms with Crippen LogP contribution in [0.4, 0.5) is 0 Å². The molecule has 0 saturated carbocycles. The van der Waals surface area contributed by atoms with Crippen LogP contribution in [0, 0.1) is 13.8 Å². The van der Waals surface area contributed by atoms with E-state index >= 15 is 0 Å². The van der Waals surface area contributed by atoms with Crippen LogP contribution in [0.2, 0.25) is 0 Å². The minimum Gasteiger partial charge on any atom is -0.311 e. The van der Waals surface area contributed by atoms with E-state index in [2.05, 4.69) is 35.2 Å². The molecule has 3 nitrogen and oxygen atoms in total. The monoisotopic (exact) mass is 241 g/mol. The van der Waals surface area contributed by atoms with Gasteiger partial charge in [0.15, 0.2) is 0 Å². The van der Waals surface area contributed by atoms with Crippen LogP contribution in [0.1, 0.15) is 28.4 Å². The van der Waals surface area contributed by atoms with E-state index in [-0.39, 0.29) is 6.04 Å². The summed E-state index contributed by atoms with van der Waals surface area (Å²) in [4.78, 5) is 8.61. The second kappa shape index (κ2) is 5.74. The standard InChI is InChI=1S/C15H19N3/c1-11-8-12(2)15(18-10-11)14(16-3)9-13-4-6-17-7-5-13/h4-8,10,14,16H,9H2,1-3H3. The van der Waals surface area contributed by atoms with Crippen molar-refractivity contribution >= 4 is 0 Å². The van der Waals surface area contributed by atoms with Gasteiger partial charge in [0.25, 0.3) is 0 Å². The van der Waals surface area contributed by atoms with E-state index in [9.17, 15) is 0 Å². The maximum Gasteiger partial charge on any atom is 0.0605 e. The molecule has 0 aliphatic carbocycles. The van der Waals surface area contributed by atoms with E-state index in [0.29, 0.717) is 0 Å². The molecule has 2 rings (SSSR count). The molecular formula is C15H19N3. The second-order valence-electron chi connectivity index (χ2n) is 4.62. The molecule has 0 radical (unpaired) electrons. The molecule has 0 spiro atoms. The molecule has 0 aliphatic rings. The lowest BCUT2D eigenvalue weighted by molar-refractivity contribution is 0.572. The maximum atomic E-state index is 4.57. The molecule has 0 aromatic carbocycles. The van der Waals surface area contributed by atoms with Gasteiger partial charge in [0, 0.05) is 18.6 Å². The number of aromatic nitrogens is 2. The van der Waals surface area contributed by atoms with Crippen molar-refractivity contribution in [3.05, 3.63) is 59.2 Å². The molecule has 2 aromatic rings. The van der Waals surface area contributed by atoms with Gasteiger partial charge in [0.05, 0.1) is 11.7 Å². The molecule has 1 unspecified atom stereocenters. The van der Waals surface area contributed by atoms with Crippen LogP contribution in [-0.4, -0.2) is 17.0 Å². The molecule has 0 bridgehead atoms. The first kappa shape index (κ1) is 12.7. The number of likely N-dealkylation sites (N-methyl/N-ethyl adjacent to an activating group) is 1. The third-order valence-corrected chi connectivity index (χ3v) is 3.12. The van der Waals surface area contributed by atoms with Crippen molar-refractivity contribution in [2.45, 2.75) is 26.3 Å². The van der Waals surface area contributed by atoms with E-state index in [0.717, 1.165) is 12.1 Å². The highest BCUT2D eigenvalue weighted by Gasteiger charge is 2.13. The topological polar surface area (TPSA) is 37.8 Å². The van der Waals surface area contributed by atoms with Gasteiger partial charge in [-0.25, -0.2) is 0 Å². The molecule has 0 fully saturated rings. The van der Waals surface area contributed by atoms with Gasteiger partial charge in [-0.2, -0.15) is 0 Å². The SMILES string of the molecule is CNC(Cc1ccncc1)c1ncc(C)cc1C. The van der Waals surface area contributed by atoms with Crippen LogP contribution in [-0.2, 0) is 6.42 Å². The molecule has 1 N–H and O–H groups in total. The predicted molar refractivity (Wildman–Crippen MR) is 73.5 cm³/mol. The summed E-state index contributed by atoms with van der Waals surface area (Å²) in [6, 6.07) is 6.52. The Morgan fingerprint density at radius 3 is 2.56 bits per heavy atom. The molecule has 94 valence electrons. The lowest BCUT2D eigenvalue weighted by Gasteiger charge is -2.18. The number of nitrogens with zero attached hydrogens (tertiary/aromatic N) is 2. The quantitative estimate of drug-likeness (QED) is 0.894. The van der Waals surface area contributed by atoms with Gasteiger partial charge in [-0.1, -0.05) is 6.07 Å². The number of rotatable bonds is 4. The van der Waals surface area contributed by atoms with Gasteiger partial charge in [-0.05, 0) is 56.1 Å². The van der Waals surface area contributed by atoms with Gasteiger partial charge >= 0.3 is 0 Å². The first-order chi connectivity index (χ1) is 8.70. The fraction of sp³-hybridized carbons (Fsp3) is 0.333. The van der Waals surface area contributed by atoms with Gasteiger partial charge in [0.2, 0.25) is 0 Å². The number of pyridine rings is 2. The minimum absolute atomic E-state index is 0.244. The largest absolute Gasteiger partial charge is 0.311 e. The van der Waals surface area contributed by atoms with Crippen molar-refractivity contribution in [2.75, 3.05) is 7.05 Å². The Hall–Kier alpha value is -1.74. The van der Waals surface area contributed by atoms with Crippen LogP contribution in [0.25, 0.3) is 0 Å². The van der Waals surface area contributed by atoms with Gasteiger partial charge in [-0.15, -0.1) is 0 Å². The minimum atomic E-state index is 0.244. The molecule has 0 amide bonds. The second-order valence-corrected chi connectivity index (χ2v) is 4.62. The van der Waals surface area contributed by atoms with Crippen molar-refractivity contribution < 1.29 is 0 Å². The predicted octanol–water partition coefficient (Wildman–Crippen LogP) is 2.60. The lowest BCUT2D eigenvalue weighted by atomic mass is 10.00. The van der Waals surface area contributed by atoms with Crippen molar-refractivity contribution in [1.29, 1.82) is 0 Å². The fourth-order valence-electron chi connectivity index (χ4n) is 2.18. The highest BCUT2D eigenvalue weighted by Crippen LogP contribution is 2.19. The number of hydrogen-bond donors (Lipinski definition) is 1. The Kier molecular flexibility index (Phi) is 4.05. The summed E-state index contributed by atoms with van der Waals surface area (Å²) in [5, 5.41) is 3.34. The molecule has 18 heavy (non-hydrogen) atoms. The Morgan fingerprint density at radius 2 is 1.94 bits per heavy atom. The highest BCUT2D eigenvalue weighted by molar-refractivity contribution is 5.27.